The largest absolute Gasteiger partial charge is 0.347 e. The Bertz CT molecular complexity index is 414. The second-order valence-corrected chi connectivity index (χ2v) is 5.74. The molecule has 2 heterocycles. The lowest BCUT2D eigenvalue weighted by molar-refractivity contribution is -0.198. The summed E-state index contributed by atoms with van der Waals surface area (Å²) >= 11 is 0. The second kappa shape index (κ2) is 5.23. The minimum atomic E-state index is -0.285. The van der Waals surface area contributed by atoms with E-state index in [1.54, 1.807) is 0 Å². The number of ether oxygens (including phenoxy) is 2. The normalized spacial score (nSPS) is 28.6. The van der Waals surface area contributed by atoms with Crippen molar-refractivity contribution >= 4 is 0 Å². The topological polar surface area (TPSA) is 21.7 Å². The molecule has 0 bridgehead atoms. The van der Waals surface area contributed by atoms with Gasteiger partial charge in [-0.25, -0.2) is 0 Å². The first kappa shape index (κ1) is 13.1. The highest BCUT2D eigenvalue weighted by molar-refractivity contribution is 5.18. The van der Waals surface area contributed by atoms with E-state index in [1.807, 2.05) is 0 Å². The molecule has 1 aromatic rings. The number of piperidine rings is 1. The summed E-state index contributed by atoms with van der Waals surface area (Å²) in [7, 11) is 0. The standard InChI is InChI=1S/C16H23NO2/c1-13-12-16(18-10-11-19-16)8-9-17(13)14(2)15-6-4-3-5-7-15/h3-7,13-14H,8-12H2,1-2H3/t13-,14+/m1/s1. The van der Waals surface area contributed by atoms with E-state index in [0.29, 0.717) is 12.1 Å². The van der Waals surface area contributed by atoms with Gasteiger partial charge in [0, 0.05) is 31.5 Å². The van der Waals surface area contributed by atoms with Crippen LogP contribution in [-0.2, 0) is 9.47 Å². The quantitative estimate of drug-likeness (QED) is 0.817. The predicted molar refractivity (Wildman–Crippen MR) is 74.9 cm³/mol. The SMILES string of the molecule is C[C@@H]1CC2(CCN1[C@@H](C)c1ccccc1)OCCO2. The molecule has 2 fully saturated rings. The van der Waals surface area contributed by atoms with Crippen LogP contribution in [0.1, 0.15) is 38.3 Å². The van der Waals surface area contributed by atoms with E-state index in [-0.39, 0.29) is 5.79 Å². The van der Waals surface area contributed by atoms with Gasteiger partial charge < -0.3 is 9.47 Å². The van der Waals surface area contributed by atoms with Crippen molar-refractivity contribution in [2.75, 3.05) is 19.8 Å². The molecule has 1 spiro atoms. The fraction of sp³-hybridized carbons (Fsp3) is 0.625. The van der Waals surface area contributed by atoms with Gasteiger partial charge in [-0.3, -0.25) is 4.90 Å². The lowest BCUT2D eigenvalue weighted by atomic mass is 9.93. The van der Waals surface area contributed by atoms with Crippen molar-refractivity contribution in [3.63, 3.8) is 0 Å². The summed E-state index contributed by atoms with van der Waals surface area (Å²) in [6, 6.07) is 11.7. The molecule has 0 aromatic heterocycles. The number of rotatable bonds is 2. The predicted octanol–water partition coefficient (Wildman–Crippen LogP) is 2.98. The van der Waals surface area contributed by atoms with Gasteiger partial charge in [-0.05, 0) is 19.4 Å². The van der Waals surface area contributed by atoms with Gasteiger partial charge in [-0.2, -0.15) is 0 Å². The summed E-state index contributed by atoms with van der Waals surface area (Å²) in [6.45, 7) is 7.12. The molecular formula is C16H23NO2. The molecule has 3 nitrogen and oxygen atoms in total. The minimum Gasteiger partial charge on any atom is -0.347 e. The highest BCUT2D eigenvalue weighted by atomic mass is 16.7. The van der Waals surface area contributed by atoms with Crippen LogP contribution in [0.3, 0.4) is 0 Å². The monoisotopic (exact) mass is 261 g/mol. The maximum Gasteiger partial charge on any atom is 0.171 e. The molecule has 0 aliphatic carbocycles. The van der Waals surface area contributed by atoms with Crippen molar-refractivity contribution < 1.29 is 9.47 Å². The van der Waals surface area contributed by atoms with E-state index in [0.717, 1.165) is 32.6 Å². The lowest BCUT2D eigenvalue weighted by Crippen LogP contribution is -2.50. The first-order valence-corrected chi connectivity index (χ1v) is 7.29. The van der Waals surface area contributed by atoms with E-state index >= 15 is 0 Å². The Kier molecular flexibility index (Phi) is 3.61. The van der Waals surface area contributed by atoms with E-state index in [2.05, 4.69) is 49.1 Å². The third kappa shape index (κ3) is 2.55. The molecule has 0 N–H and O–H groups in total. The van der Waals surface area contributed by atoms with Crippen LogP contribution < -0.4 is 0 Å². The second-order valence-electron chi connectivity index (χ2n) is 5.74. The van der Waals surface area contributed by atoms with Gasteiger partial charge in [0.15, 0.2) is 5.79 Å². The molecule has 2 aliphatic rings. The van der Waals surface area contributed by atoms with E-state index < -0.39 is 0 Å². The summed E-state index contributed by atoms with van der Waals surface area (Å²) in [4.78, 5) is 2.56. The van der Waals surface area contributed by atoms with Crippen molar-refractivity contribution in [1.29, 1.82) is 0 Å². The average Bonchev–Trinajstić information content (AvgIpc) is 2.87. The first-order chi connectivity index (χ1) is 9.20. The van der Waals surface area contributed by atoms with Crippen LogP contribution >= 0.6 is 0 Å². The number of nitrogens with zero attached hydrogens (tertiary/aromatic N) is 1. The van der Waals surface area contributed by atoms with Crippen molar-refractivity contribution in [3.8, 4) is 0 Å². The van der Waals surface area contributed by atoms with Crippen LogP contribution in [0.5, 0.6) is 0 Å². The van der Waals surface area contributed by atoms with Crippen LogP contribution in [0, 0.1) is 0 Å². The molecule has 2 aliphatic heterocycles. The first-order valence-electron chi connectivity index (χ1n) is 7.29. The lowest BCUT2D eigenvalue weighted by Gasteiger charge is -2.45. The van der Waals surface area contributed by atoms with Gasteiger partial charge in [0.2, 0.25) is 0 Å². The van der Waals surface area contributed by atoms with Gasteiger partial charge in [-0.15, -0.1) is 0 Å². The van der Waals surface area contributed by atoms with E-state index in [1.165, 1.54) is 5.56 Å². The Morgan fingerprint density at radius 2 is 1.89 bits per heavy atom. The molecular weight excluding hydrogens is 238 g/mol. The van der Waals surface area contributed by atoms with Gasteiger partial charge in [0.1, 0.15) is 0 Å². The molecule has 1 aromatic carbocycles. The average molecular weight is 261 g/mol. The summed E-state index contributed by atoms with van der Waals surface area (Å²) in [6.07, 6.45) is 1.96. The summed E-state index contributed by atoms with van der Waals surface area (Å²) in [5, 5.41) is 0. The maximum atomic E-state index is 5.84. The molecule has 2 saturated heterocycles. The van der Waals surface area contributed by atoms with E-state index in [9.17, 15) is 0 Å². The Hall–Kier alpha value is -0.900. The molecule has 3 rings (SSSR count). The van der Waals surface area contributed by atoms with Crippen molar-refractivity contribution in [1.82, 2.24) is 4.90 Å². The molecule has 0 saturated carbocycles. The Morgan fingerprint density at radius 1 is 1.21 bits per heavy atom. The maximum absolute atomic E-state index is 5.84. The minimum absolute atomic E-state index is 0.285. The number of hydrogen-bond donors (Lipinski definition) is 0. The van der Waals surface area contributed by atoms with Crippen molar-refractivity contribution in [2.24, 2.45) is 0 Å². The summed E-state index contributed by atoms with van der Waals surface area (Å²) in [5.41, 5.74) is 1.39. The zero-order valence-corrected chi connectivity index (χ0v) is 11.8. The summed E-state index contributed by atoms with van der Waals surface area (Å²) in [5.74, 6) is -0.285. The fourth-order valence-electron chi connectivity index (χ4n) is 3.45. The molecule has 104 valence electrons. The number of benzene rings is 1. The Balaban J connectivity index is 1.70. The molecule has 2 atom stereocenters. The van der Waals surface area contributed by atoms with Crippen molar-refractivity contribution in [3.05, 3.63) is 35.9 Å². The van der Waals surface area contributed by atoms with Crippen LogP contribution in [0.15, 0.2) is 30.3 Å². The van der Waals surface area contributed by atoms with Gasteiger partial charge in [0.05, 0.1) is 13.2 Å². The molecule has 19 heavy (non-hydrogen) atoms. The third-order valence-electron chi connectivity index (χ3n) is 4.52. The van der Waals surface area contributed by atoms with Gasteiger partial charge >= 0.3 is 0 Å². The molecule has 3 heteroatoms. The molecule has 0 amide bonds. The van der Waals surface area contributed by atoms with E-state index in [4.69, 9.17) is 9.47 Å². The molecule has 0 unspecified atom stereocenters. The van der Waals surface area contributed by atoms with Gasteiger partial charge in [-0.1, -0.05) is 30.3 Å². The Morgan fingerprint density at radius 3 is 2.53 bits per heavy atom. The van der Waals surface area contributed by atoms with Crippen LogP contribution in [0.2, 0.25) is 0 Å². The summed E-state index contributed by atoms with van der Waals surface area (Å²) < 4.78 is 11.7. The number of likely N-dealkylation sites (tertiary alicyclic amines) is 1. The van der Waals surface area contributed by atoms with Crippen LogP contribution in [0.4, 0.5) is 0 Å². The third-order valence-corrected chi connectivity index (χ3v) is 4.52. The number of hydrogen-bond acceptors (Lipinski definition) is 3. The zero-order valence-electron chi connectivity index (χ0n) is 11.8. The van der Waals surface area contributed by atoms with Crippen LogP contribution in [-0.4, -0.2) is 36.5 Å². The molecule has 0 radical (unpaired) electrons. The van der Waals surface area contributed by atoms with Crippen LogP contribution in [0.25, 0.3) is 0 Å². The zero-order chi connectivity index (χ0) is 13.3. The highest BCUT2D eigenvalue weighted by Crippen LogP contribution is 2.37. The highest BCUT2D eigenvalue weighted by Gasteiger charge is 2.43. The fourth-order valence-corrected chi connectivity index (χ4v) is 3.45. The Labute approximate surface area is 115 Å². The smallest absolute Gasteiger partial charge is 0.171 e. The van der Waals surface area contributed by atoms with Crippen molar-refractivity contribution in [2.45, 2.75) is 44.6 Å². The van der Waals surface area contributed by atoms with Gasteiger partial charge in [0.25, 0.3) is 0 Å².